The van der Waals surface area contributed by atoms with Gasteiger partial charge >= 0.3 is 6.09 Å². The Kier molecular flexibility index (Phi) is 8.94. The van der Waals surface area contributed by atoms with Crippen molar-refractivity contribution < 1.29 is 32.3 Å². The van der Waals surface area contributed by atoms with Gasteiger partial charge in [-0.2, -0.15) is 0 Å². The van der Waals surface area contributed by atoms with Crippen LogP contribution in [0, 0.1) is 5.82 Å². The molecule has 7 nitrogen and oxygen atoms in total. The topological polar surface area (TPSA) is 87.7 Å². The van der Waals surface area contributed by atoms with Gasteiger partial charge in [0, 0.05) is 34.6 Å². The van der Waals surface area contributed by atoms with E-state index in [4.69, 9.17) is 16.3 Å². The number of anilines is 1. The average Bonchev–Trinajstić information content (AvgIpc) is 2.97. The van der Waals surface area contributed by atoms with E-state index in [0.717, 1.165) is 11.8 Å². The Balaban J connectivity index is 1.64. The molecule has 0 saturated heterocycles. The zero-order valence-electron chi connectivity index (χ0n) is 22.4. The number of amides is 3. The minimum Gasteiger partial charge on any atom is -0.444 e. The molecule has 0 bridgehead atoms. The molecule has 12 heteroatoms. The van der Waals surface area contributed by atoms with Crippen LogP contribution >= 0.6 is 23.4 Å². The molecular formula is C28H31ClF3N3O4S. The third-order valence-corrected chi connectivity index (χ3v) is 7.94. The lowest BCUT2D eigenvalue weighted by Gasteiger charge is -2.29. The number of ether oxygens (including phenoxy) is 1. The number of hydrogen-bond acceptors (Lipinski definition) is 5. The molecule has 1 heterocycles. The molecule has 2 aromatic carbocycles. The van der Waals surface area contributed by atoms with Crippen LogP contribution in [-0.2, 0) is 16.1 Å². The van der Waals surface area contributed by atoms with Crippen molar-refractivity contribution >= 4 is 47.0 Å². The van der Waals surface area contributed by atoms with Crippen molar-refractivity contribution in [2.75, 3.05) is 10.7 Å². The Morgan fingerprint density at radius 1 is 1.12 bits per heavy atom. The van der Waals surface area contributed by atoms with Gasteiger partial charge in [0.15, 0.2) is 0 Å². The van der Waals surface area contributed by atoms with E-state index in [-0.39, 0.29) is 43.5 Å². The lowest BCUT2D eigenvalue weighted by molar-refractivity contribution is -0.120. The van der Waals surface area contributed by atoms with E-state index < -0.39 is 47.3 Å². The molecule has 1 aliphatic carbocycles. The molecule has 2 N–H and O–H groups in total. The zero-order chi connectivity index (χ0) is 29.2. The summed E-state index contributed by atoms with van der Waals surface area (Å²) in [7, 11) is 0. The maximum absolute atomic E-state index is 15.2. The van der Waals surface area contributed by atoms with Crippen LogP contribution in [-0.4, -0.2) is 47.3 Å². The molecule has 0 unspecified atom stereocenters. The largest absolute Gasteiger partial charge is 0.444 e. The number of nitrogens with zero attached hydrogens (tertiary/aromatic N) is 1. The molecule has 1 saturated carbocycles. The smallest absolute Gasteiger partial charge is 0.408 e. The Morgan fingerprint density at radius 3 is 2.40 bits per heavy atom. The number of carbonyl (C=O) groups excluding carboxylic acids is 3. The zero-order valence-corrected chi connectivity index (χ0v) is 23.9. The van der Waals surface area contributed by atoms with Crippen molar-refractivity contribution in [2.45, 2.75) is 81.5 Å². The van der Waals surface area contributed by atoms with Gasteiger partial charge in [-0.15, -0.1) is 11.8 Å². The van der Waals surface area contributed by atoms with Crippen molar-refractivity contribution in [3.63, 3.8) is 0 Å². The highest BCUT2D eigenvalue weighted by Gasteiger charge is 2.37. The van der Waals surface area contributed by atoms with E-state index in [0.29, 0.717) is 21.2 Å². The van der Waals surface area contributed by atoms with E-state index in [2.05, 4.69) is 10.6 Å². The monoisotopic (exact) mass is 597 g/mol. The molecule has 0 aromatic heterocycles. The molecule has 3 amide bonds. The minimum atomic E-state index is -2.76. The summed E-state index contributed by atoms with van der Waals surface area (Å²) in [5.41, 5.74) is -0.0780. The molecule has 1 aliphatic heterocycles. The van der Waals surface area contributed by atoms with E-state index >= 15 is 4.39 Å². The molecule has 0 radical (unpaired) electrons. The second-order valence-corrected chi connectivity index (χ2v) is 12.5. The number of benzene rings is 2. The average molecular weight is 598 g/mol. The number of fused-ring (bicyclic) bond motifs is 1. The van der Waals surface area contributed by atoms with Crippen LogP contribution in [0.4, 0.5) is 23.7 Å². The molecule has 4 rings (SSSR count). The van der Waals surface area contributed by atoms with E-state index in [9.17, 15) is 23.2 Å². The predicted molar refractivity (Wildman–Crippen MR) is 148 cm³/mol. The fraction of sp³-hybridized carbons (Fsp3) is 0.464. The molecule has 216 valence electrons. The predicted octanol–water partition coefficient (Wildman–Crippen LogP) is 6.32. The van der Waals surface area contributed by atoms with Crippen LogP contribution in [0.5, 0.6) is 0 Å². The van der Waals surface area contributed by atoms with Gasteiger partial charge in [-0.25, -0.2) is 18.0 Å². The summed E-state index contributed by atoms with van der Waals surface area (Å²) < 4.78 is 47.6. The third-order valence-electron chi connectivity index (χ3n) is 6.55. The number of rotatable bonds is 5. The van der Waals surface area contributed by atoms with Crippen molar-refractivity contribution in [3.05, 3.63) is 58.4 Å². The summed E-state index contributed by atoms with van der Waals surface area (Å²) in [5, 5.41) is 5.78. The molecular weight excluding hydrogens is 567 g/mol. The van der Waals surface area contributed by atoms with Crippen LogP contribution in [0.2, 0.25) is 5.02 Å². The lowest BCUT2D eigenvalue weighted by atomic mass is 9.92. The SMILES string of the molecule is CC(C)(C)OC(=O)N[C@H]1CSc2cc(F)c(C(=O)NC3CCC(F)(F)CC3)cc2N(Cc2ccc(Cl)cc2)C1=O. The number of carbonyl (C=O) groups is 3. The number of alkyl halides is 2. The summed E-state index contributed by atoms with van der Waals surface area (Å²) in [5.74, 6) is -4.68. The Bertz CT molecular complexity index is 1280. The number of alkyl carbamates (subject to hydrolysis) is 1. The molecule has 2 aliphatic rings. The maximum atomic E-state index is 15.2. The van der Waals surface area contributed by atoms with E-state index in [1.807, 2.05) is 0 Å². The van der Waals surface area contributed by atoms with Gasteiger partial charge in [-0.3, -0.25) is 9.59 Å². The molecule has 1 atom stereocenters. The Labute approximate surface area is 240 Å². The van der Waals surface area contributed by atoms with Gasteiger partial charge in [0.2, 0.25) is 5.92 Å². The molecule has 1 fully saturated rings. The molecule has 0 spiro atoms. The van der Waals surface area contributed by atoms with Crippen LogP contribution in [0.3, 0.4) is 0 Å². The van der Waals surface area contributed by atoms with Crippen molar-refractivity contribution in [3.8, 4) is 0 Å². The van der Waals surface area contributed by atoms with Crippen molar-refractivity contribution in [1.29, 1.82) is 0 Å². The third kappa shape index (κ3) is 7.63. The Morgan fingerprint density at radius 2 is 1.77 bits per heavy atom. The van der Waals surface area contributed by atoms with Crippen molar-refractivity contribution in [2.24, 2.45) is 0 Å². The van der Waals surface area contributed by atoms with Crippen LogP contribution in [0.1, 0.15) is 62.4 Å². The second kappa shape index (κ2) is 11.9. The number of thioether (sulfide) groups is 1. The fourth-order valence-corrected chi connectivity index (χ4v) is 5.73. The normalized spacial score (nSPS) is 19.4. The van der Waals surface area contributed by atoms with Gasteiger partial charge < -0.3 is 20.3 Å². The van der Waals surface area contributed by atoms with E-state index in [1.165, 1.54) is 17.0 Å². The minimum absolute atomic E-state index is 0.0560. The van der Waals surface area contributed by atoms with Crippen LogP contribution in [0.25, 0.3) is 0 Å². The van der Waals surface area contributed by atoms with Gasteiger partial charge in [0.1, 0.15) is 17.5 Å². The quantitative estimate of drug-likeness (QED) is 0.421. The first-order valence-corrected chi connectivity index (χ1v) is 14.3. The lowest BCUT2D eigenvalue weighted by Crippen LogP contribution is -2.50. The van der Waals surface area contributed by atoms with E-state index in [1.54, 1.807) is 45.0 Å². The first-order chi connectivity index (χ1) is 18.7. The van der Waals surface area contributed by atoms with Gasteiger partial charge in [-0.1, -0.05) is 23.7 Å². The standard InChI is InChI=1S/C28H31ClF3N3O4S/c1-27(2,3)39-26(38)34-21-15-40-23-13-20(30)19(24(36)33-18-8-10-28(31,32)11-9-18)12-22(23)35(25(21)37)14-16-4-6-17(29)7-5-16/h4-7,12-13,18,21H,8-11,14-15H2,1-3H3,(H,33,36)(H,34,38)/t21-/m0/s1. The fourth-order valence-electron chi connectivity index (χ4n) is 4.53. The summed E-state index contributed by atoms with van der Waals surface area (Å²) in [6.07, 6.45) is -1.30. The number of nitrogens with one attached hydrogen (secondary N) is 2. The van der Waals surface area contributed by atoms with Gasteiger partial charge in [0.25, 0.3) is 11.8 Å². The first-order valence-electron chi connectivity index (χ1n) is 12.9. The summed E-state index contributed by atoms with van der Waals surface area (Å²) >= 11 is 7.18. The van der Waals surface area contributed by atoms with Gasteiger partial charge in [0.05, 0.1) is 17.8 Å². The van der Waals surface area contributed by atoms with Crippen LogP contribution < -0.4 is 15.5 Å². The molecule has 2 aromatic rings. The highest BCUT2D eigenvalue weighted by atomic mass is 35.5. The second-order valence-electron chi connectivity index (χ2n) is 11.0. The number of hydrogen-bond donors (Lipinski definition) is 2. The summed E-state index contributed by atoms with van der Waals surface area (Å²) in [6, 6.07) is 7.79. The summed E-state index contributed by atoms with van der Waals surface area (Å²) in [4.78, 5) is 41.1. The maximum Gasteiger partial charge on any atom is 0.408 e. The summed E-state index contributed by atoms with van der Waals surface area (Å²) in [6.45, 7) is 5.16. The van der Waals surface area contributed by atoms with Crippen molar-refractivity contribution in [1.82, 2.24) is 10.6 Å². The van der Waals surface area contributed by atoms with Crippen LogP contribution in [0.15, 0.2) is 41.3 Å². The van der Waals surface area contributed by atoms with Gasteiger partial charge in [-0.05, 0) is 63.4 Å². The Hall–Kier alpha value is -2.92. The highest BCUT2D eigenvalue weighted by Crippen LogP contribution is 2.38. The number of halogens is 4. The molecule has 40 heavy (non-hydrogen) atoms. The highest BCUT2D eigenvalue weighted by molar-refractivity contribution is 7.99. The first kappa shape index (κ1) is 30.0.